The number of benzene rings is 1. The number of carbonyl (C=O) groups excluding carboxylic acids is 1. The van der Waals surface area contributed by atoms with Crippen LogP contribution in [0.5, 0.6) is 11.5 Å². The number of carbonyl (C=O) groups is 1. The summed E-state index contributed by atoms with van der Waals surface area (Å²) in [6.45, 7) is 4.55. The topological polar surface area (TPSA) is 56.8 Å². The Hall–Kier alpha value is -1.27. The molecule has 0 aromatic heterocycles. The molecule has 2 rings (SSSR count). The van der Waals surface area contributed by atoms with Crippen LogP contribution in [0.25, 0.3) is 0 Å². The molecule has 1 fully saturated rings. The van der Waals surface area contributed by atoms with E-state index in [9.17, 15) is 4.79 Å². The van der Waals surface area contributed by atoms with Crippen molar-refractivity contribution in [2.75, 3.05) is 13.7 Å². The van der Waals surface area contributed by atoms with Gasteiger partial charge in [-0.1, -0.05) is 12.8 Å². The zero-order valence-electron chi connectivity index (χ0n) is 14.6. The molecule has 0 bridgehead atoms. The predicted octanol–water partition coefficient (Wildman–Crippen LogP) is 3.82. The van der Waals surface area contributed by atoms with Crippen LogP contribution in [0.15, 0.2) is 16.6 Å². The van der Waals surface area contributed by atoms with Gasteiger partial charge in [-0.25, -0.2) is 4.79 Å². The first-order valence-electron chi connectivity index (χ1n) is 8.48. The molecule has 134 valence electrons. The Bertz CT molecular complexity index is 558. The normalized spacial score (nSPS) is 16.0. The maximum Gasteiger partial charge on any atom is 0.347 e. The highest BCUT2D eigenvalue weighted by molar-refractivity contribution is 9.10. The quantitative estimate of drug-likeness (QED) is 0.673. The second-order valence-corrected chi connectivity index (χ2v) is 6.84. The molecule has 0 saturated heterocycles. The second kappa shape index (κ2) is 9.28. The van der Waals surface area contributed by atoms with Crippen molar-refractivity contribution in [2.45, 2.75) is 58.2 Å². The molecule has 1 saturated carbocycles. The smallest absolute Gasteiger partial charge is 0.347 e. The van der Waals surface area contributed by atoms with Crippen molar-refractivity contribution in [3.8, 4) is 11.5 Å². The molecule has 5 nitrogen and oxygen atoms in total. The van der Waals surface area contributed by atoms with E-state index in [0.717, 1.165) is 16.6 Å². The van der Waals surface area contributed by atoms with E-state index in [0.29, 0.717) is 24.1 Å². The lowest BCUT2D eigenvalue weighted by Gasteiger charge is -2.19. The van der Waals surface area contributed by atoms with Crippen LogP contribution in [0.1, 0.15) is 45.1 Å². The molecule has 0 spiro atoms. The molecule has 0 amide bonds. The van der Waals surface area contributed by atoms with Gasteiger partial charge in [-0.2, -0.15) is 0 Å². The first kappa shape index (κ1) is 19.1. The number of hydrogen-bond acceptors (Lipinski definition) is 5. The van der Waals surface area contributed by atoms with Gasteiger partial charge in [0.2, 0.25) is 0 Å². The third kappa shape index (κ3) is 5.11. The molecule has 1 aliphatic rings. The van der Waals surface area contributed by atoms with Gasteiger partial charge < -0.3 is 19.5 Å². The predicted molar refractivity (Wildman–Crippen MR) is 96.5 cm³/mol. The first-order valence-corrected chi connectivity index (χ1v) is 9.27. The highest BCUT2D eigenvalue weighted by atomic mass is 79.9. The summed E-state index contributed by atoms with van der Waals surface area (Å²) in [5.41, 5.74) is 1.11. The van der Waals surface area contributed by atoms with Crippen molar-refractivity contribution >= 4 is 21.9 Å². The van der Waals surface area contributed by atoms with Gasteiger partial charge in [0.15, 0.2) is 17.6 Å². The van der Waals surface area contributed by atoms with Crippen LogP contribution in [0.4, 0.5) is 0 Å². The molecule has 1 aromatic rings. The van der Waals surface area contributed by atoms with Gasteiger partial charge in [0.05, 0.1) is 18.2 Å². The van der Waals surface area contributed by atoms with E-state index in [-0.39, 0.29) is 0 Å². The molecule has 24 heavy (non-hydrogen) atoms. The zero-order chi connectivity index (χ0) is 17.5. The molecule has 0 aliphatic heterocycles. The summed E-state index contributed by atoms with van der Waals surface area (Å²) in [7, 11) is 1.60. The number of rotatable bonds is 8. The molecular weight excluding hydrogens is 374 g/mol. The number of hydrogen-bond donors (Lipinski definition) is 1. The van der Waals surface area contributed by atoms with Crippen LogP contribution in [-0.2, 0) is 16.1 Å². The standard InChI is InChI=1S/C18H26BrNO4/c1-4-23-18(21)12(2)24-17-15(19)9-13(10-16(17)22-3)11-20-14-7-5-6-8-14/h9-10,12,14,20H,4-8,11H2,1-3H3. The number of ether oxygens (including phenoxy) is 3. The number of esters is 1. The average molecular weight is 400 g/mol. The summed E-state index contributed by atoms with van der Waals surface area (Å²) in [5, 5.41) is 3.58. The fraction of sp³-hybridized carbons (Fsp3) is 0.611. The van der Waals surface area contributed by atoms with Crippen molar-refractivity contribution in [1.29, 1.82) is 0 Å². The maximum absolute atomic E-state index is 11.8. The Morgan fingerprint density at radius 3 is 2.71 bits per heavy atom. The molecule has 0 heterocycles. The molecule has 6 heteroatoms. The van der Waals surface area contributed by atoms with Crippen LogP contribution < -0.4 is 14.8 Å². The zero-order valence-corrected chi connectivity index (χ0v) is 16.1. The molecule has 1 atom stereocenters. The van der Waals surface area contributed by atoms with Gasteiger partial charge in [0.25, 0.3) is 0 Å². The summed E-state index contributed by atoms with van der Waals surface area (Å²) in [4.78, 5) is 11.8. The van der Waals surface area contributed by atoms with E-state index in [4.69, 9.17) is 14.2 Å². The summed E-state index contributed by atoms with van der Waals surface area (Å²) < 4.78 is 16.9. The van der Waals surface area contributed by atoms with Gasteiger partial charge >= 0.3 is 5.97 Å². The molecule has 1 N–H and O–H groups in total. The van der Waals surface area contributed by atoms with E-state index >= 15 is 0 Å². The van der Waals surface area contributed by atoms with Crippen LogP contribution in [-0.4, -0.2) is 31.8 Å². The summed E-state index contributed by atoms with van der Waals surface area (Å²) in [6, 6.07) is 4.55. The van der Waals surface area contributed by atoms with Crippen molar-refractivity contribution in [2.24, 2.45) is 0 Å². The van der Waals surface area contributed by atoms with E-state index in [1.54, 1.807) is 21.0 Å². The van der Waals surface area contributed by atoms with Crippen molar-refractivity contribution in [3.63, 3.8) is 0 Å². The van der Waals surface area contributed by atoms with Crippen molar-refractivity contribution in [3.05, 3.63) is 22.2 Å². The van der Waals surface area contributed by atoms with Gasteiger partial charge in [0, 0.05) is 12.6 Å². The summed E-state index contributed by atoms with van der Waals surface area (Å²) in [6.07, 6.45) is 4.41. The lowest BCUT2D eigenvalue weighted by molar-refractivity contribution is -0.150. The largest absolute Gasteiger partial charge is 0.493 e. The van der Waals surface area contributed by atoms with E-state index in [2.05, 4.69) is 21.2 Å². The van der Waals surface area contributed by atoms with Crippen molar-refractivity contribution < 1.29 is 19.0 Å². The number of nitrogens with one attached hydrogen (secondary N) is 1. The number of methoxy groups -OCH3 is 1. The second-order valence-electron chi connectivity index (χ2n) is 5.98. The average Bonchev–Trinajstić information content (AvgIpc) is 3.08. The minimum atomic E-state index is -0.697. The fourth-order valence-electron chi connectivity index (χ4n) is 2.87. The van der Waals surface area contributed by atoms with Crippen LogP contribution >= 0.6 is 15.9 Å². The summed E-state index contributed by atoms with van der Waals surface area (Å²) in [5.74, 6) is 0.727. The van der Waals surface area contributed by atoms with Gasteiger partial charge in [-0.3, -0.25) is 0 Å². The number of halogens is 1. The Labute approximate surface area is 152 Å². The third-order valence-electron chi connectivity index (χ3n) is 4.15. The molecule has 1 aromatic carbocycles. The Balaban J connectivity index is 2.06. The van der Waals surface area contributed by atoms with Crippen molar-refractivity contribution in [1.82, 2.24) is 5.32 Å². The first-order chi connectivity index (χ1) is 11.5. The Kier molecular flexibility index (Phi) is 7.37. The molecule has 0 radical (unpaired) electrons. The Morgan fingerprint density at radius 1 is 1.38 bits per heavy atom. The molecule has 1 aliphatic carbocycles. The SMILES string of the molecule is CCOC(=O)C(C)Oc1c(Br)cc(CNC2CCCC2)cc1OC. The van der Waals surface area contributed by atoms with Gasteiger partial charge in [-0.05, 0) is 60.3 Å². The highest BCUT2D eigenvalue weighted by Crippen LogP contribution is 2.37. The van der Waals surface area contributed by atoms with E-state index in [1.807, 2.05) is 12.1 Å². The lowest BCUT2D eigenvalue weighted by atomic mass is 10.1. The van der Waals surface area contributed by atoms with Crippen LogP contribution in [0.2, 0.25) is 0 Å². The highest BCUT2D eigenvalue weighted by Gasteiger charge is 2.21. The lowest BCUT2D eigenvalue weighted by Crippen LogP contribution is -2.27. The monoisotopic (exact) mass is 399 g/mol. The maximum atomic E-state index is 11.8. The Morgan fingerprint density at radius 2 is 2.08 bits per heavy atom. The van der Waals surface area contributed by atoms with Crippen LogP contribution in [0, 0.1) is 0 Å². The van der Waals surface area contributed by atoms with Gasteiger partial charge in [0.1, 0.15) is 0 Å². The summed E-state index contributed by atoms with van der Waals surface area (Å²) >= 11 is 3.52. The molecular formula is C18H26BrNO4. The fourth-order valence-corrected chi connectivity index (χ4v) is 3.45. The minimum absolute atomic E-state index is 0.330. The van der Waals surface area contributed by atoms with E-state index < -0.39 is 12.1 Å². The van der Waals surface area contributed by atoms with Crippen LogP contribution in [0.3, 0.4) is 0 Å². The minimum Gasteiger partial charge on any atom is -0.493 e. The molecule has 1 unspecified atom stereocenters. The third-order valence-corrected chi connectivity index (χ3v) is 4.74. The van der Waals surface area contributed by atoms with Gasteiger partial charge in [-0.15, -0.1) is 0 Å². The van der Waals surface area contributed by atoms with E-state index in [1.165, 1.54) is 25.7 Å².